The zero-order valence-electron chi connectivity index (χ0n) is 24.9. The number of rotatable bonds is 7. The van der Waals surface area contributed by atoms with E-state index in [9.17, 15) is 33.1 Å². The summed E-state index contributed by atoms with van der Waals surface area (Å²) in [6.45, 7) is -2.60. The molecule has 0 spiro atoms. The third kappa shape index (κ3) is 4.74. The first-order valence-corrected chi connectivity index (χ1v) is 12.0. The van der Waals surface area contributed by atoms with Crippen LogP contribution in [0.15, 0.2) is 35.3 Å². The van der Waals surface area contributed by atoms with Crippen molar-refractivity contribution in [3.8, 4) is 5.69 Å². The lowest BCUT2D eigenvalue weighted by Gasteiger charge is -2.23. The number of anilines is 1. The van der Waals surface area contributed by atoms with Gasteiger partial charge in [0.2, 0.25) is 17.2 Å². The minimum absolute atomic E-state index is 0.412. The van der Waals surface area contributed by atoms with Crippen molar-refractivity contribution in [1.82, 2.24) is 20.2 Å². The maximum atomic E-state index is 15.6. The number of carboxylic acid groups (broad SMARTS) is 1. The molecule has 5 N–H and O–H groups in total. The molecule has 11 nitrogen and oxygen atoms in total. The van der Waals surface area contributed by atoms with Gasteiger partial charge in [0, 0.05) is 48.6 Å². The van der Waals surface area contributed by atoms with E-state index in [1.165, 1.54) is 13.8 Å². The normalized spacial score (nSPS) is 25.1. The Morgan fingerprint density at radius 3 is 2.40 bits per heavy atom. The van der Waals surface area contributed by atoms with Crippen molar-refractivity contribution in [2.45, 2.75) is 32.0 Å². The first kappa shape index (κ1) is 22.4. The molecule has 4 atom stereocenters. The third-order valence-corrected chi connectivity index (χ3v) is 6.58. The van der Waals surface area contributed by atoms with Gasteiger partial charge in [0.05, 0.1) is 17.1 Å². The lowest BCUT2D eigenvalue weighted by molar-refractivity contribution is -0.129. The minimum atomic E-state index is -2.68. The summed E-state index contributed by atoms with van der Waals surface area (Å²) in [6.07, 6.45) is 0.694. The predicted molar refractivity (Wildman–Crippen MR) is 137 cm³/mol. The number of piperidine rings is 1. The molecule has 2 fully saturated rings. The Hall–Kier alpha value is -4.46. The van der Waals surface area contributed by atoms with Crippen molar-refractivity contribution in [3.05, 3.63) is 63.7 Å². The van der Waals surface area contributed by atoms with Crippen molar-refractivity contribution >= 4 is 34.6 Å². The first-order valence-electron chi connectivity index (χ1n) is 14.0. The van der Waals surface area contributed by atoms with Crippen LogP contribution in [0.3, 0.4) is 0 Å². The van der Waals surface area contributed by atoms with Crippen molar-refractivity contribution in [3.63, 3.8) is 0 Å². The predicted octanol–water partition coefficient (Wildman–Crippen LogP) is 0.904. The van der Waals surface area contributed by atoms with Gasteiger partial charge in [-0.15, -0.1) is 0 Å². The number of aromatic nitrogens is 2. The molecule has 1 aliphatic carbocycles. The van der Waals surface area contributed by atoms with Crippen molar-refractivity contribution < 1.29 is 38.1 Å². The van der Waals surface area contributed by atoms with Gasteiger partial charge in [0.1, 0.15) is 23.2 Å². The van der Waals surface area contributed by atoms with Gasteiger partial charge in [0.15, 0.2) is 17.3 Å². The molecule has 1 saturated heterocycles. The highest BCUT2D eigenvalue weighted by atomic mass is 19.1. The Labute approximate surface area is 230 Å². The minimum Gasteiger partial charge on any atom is -0.477 e. The van der Waals surface area contributed by atoms with Crippen LogP contribution in [0.25, 0.3) is 16.7 Å². The zero-order valence-corrected chi connectivity index (χ0v) is 20.9. The van der Waals surface area contributed by atoms with E-state index in [2.05, 4.69) is 15.6 Å². The Morgan fingerprint density at radius 2 is 1.80 bits per heavy atom. The van der Waals surface area contributed by atoms with E-state index in [1.807, 2.05) is 0 Å². The van der Waals surface area contributed by atoms with Crippen LogP contribution in [-0.4, -0.2) is 63.6 Å². The number of fused-ring (bicyclic) bond motifs is 2. The molecule has 2 amide bonds. The lowest BCUT2D eigenvalue weighted by atomic mass is 10.1. The summed E-state index contributed by atoms with van der Waals surface area (Å²) in [6, 6.07) is -0.253. The van der Waals surface area contributed by atoms with Crippen LogP contribution in [0.1, 0.15) is 29.7 Å². The van der Waals surface area contributed by atoms with Gasteiger partial charge >= 0.3 is 5.97 Å². The highest BCUT2D eigenvalue weighted by molar-refractivity contribution is 5.93. The lowest BCUT2D eigenvalue weighted by Crippen LogP contribution is -2.50. The average Bonchev–Trinajstić information content (AvgIpc) is 3.61. The summed E-state index contributed by atoms with van der Waals surface area (Å²) < 4.78 is 79.6. The van der Waals surface area contributed by atoms with Crippen molar-refractivity contribution in [1.29, 1.82) is 0 Å². The smallest absolute Gasteiger partial charge is 0.341 e. The number of carbonyl (C=O) groups is 3. The standard InChI is InChI=1S/C26H25F3N6O5/c1-10(30)24(37)31-11(2)25(38)32-20-14-7-34(8-15(14)20)23-18(29)6-13-21(36)16(26(39)40)9-35(22(13)33-23)19-4-3-12(27)5-17(19)28/h3-6,9-11,14-15,20H,7-8,30H2,1-2H3,(H,31,37)(H,32,38)(H,39,40)/t10-,11-,14-,15-/m0/s1/i7D2,8D2. The zero-order chi connectivity index (χ0) is 32.6. The Bertz CT molecular complexity index is 1780. The summed E-state index contributed by atoms with van der Waals surface area (Å²) in [5.41, 5.74) is 2.35. The largest absolute Gasteiger partial charge is 0.477 e. The molecular weight excluding hydrogens is 533 g/mol. The van der Waals surface area contributed by atoms with E-state index in [1.54, 1.807) is 0 Å². The summed E-state index contributed by atoms with van der Waals surface area (Å²) in [4.78, 5) is 53.6. The summed E-state index contributed by atoms with van der Waals surface area (Å²) in [5, 5.41) is 13.8. The second kappa shape index (κ2) is 9.93. The Kier molecular flexibility index (Phi) is 5.55. The number of nitrogens with two attached hydrogens (primary N) is 1. The summed E-state index contributed by atoms with van der Waals surface area (Å²) in [7, 11) is 0. The maximum absolute atomic E-state index is 15.6. The van der Waals surface area contributed by atoms with Gasteiger partial charge in [0.25, 0.3) is 0 Å². The number of aromatic carboxylic acids is 1. The fourth-order valence-electron chi connectivity index (χ4n) is 4.35. The van der Waals surface area contributed by atoms with E-state index in [0.29, 0.717) is 23.2 Å². The Morgan fingerprint density at radius 1 is 1.12 bits per heavy atom. The number of carbonyl (C=O) groups excluding carboxylic acids is 2. The molecule has 0 radical (unpaired) electrons. The van der Waals surface area contributed by atoms with Crippen LogP contribution in [0, 0.1) is 29.3 Å². The van der Waals surface area contributed by atoms with E-state index < -0.39 is 112 Å². The van der Waals surface area contributed by atoms with Crippen LogP contribution in [0.2, 0.25) is 0 Å². The van der Waals surface area contributed by atoms with E-state index in [4.69, 9.17) is 11.2 Å². The molecule has 1 saturated carbocycles. The number of carboxylic acids is 1. The van der Waals surface area contributed by atoms with E-state index in [0.717, 1.165) is 16.7 Å². The molecule has 3 aromatic rings. The number of amides is 2. The highest BCUT2D eigenvalue weighted by Crippen LogP contribution is 2.47. The highest BCUT2D eigenvalue weighted by Gasteiger charge is 2.57. The maximum Gasteiger partial charge on any atom is 0.341 e. The van der Waals surface area contributed by atoms with Gasteiger partial charge in [-0.3, -0.25) is 19.0 Å². The second-order valence-corrected chi connectivity index (χ2v) is 9.51. The molecule has 0 bridgehead atoms. The summed E-state index contributed by atoms with van der Waals surface area (Å²) in [5.74, 6) is -9.96. The van der Waals surface area contributed by atoms with Gasteiger partial charge in [-0.2, -0.15) is 0 Å². The molecule has 2 aliphatic rings. The molecule has 1 aromatic carbocycles. The van der Waals surface area contributed by atoms with E-state index >= 15 is 4.39 Å². The summed E-state index contributed by atoms with van der Waals surface area (Å²) >= 11 is 0. The van der Waals surface area contributed by atoms with Crippen LogP contribution in [0.4, 0.5) is 19.0 Å². The number of hydrogen-bond acceptors (Lipinski definition) is 7. The third-order valence-electron chi connectivity index (χ3n) is 6.58. The van der Waals surface area contributed by atoms with E-state index in [-0.39, 0.29) is 0 Å². The molecule has 0 unspecified atom stereocenters. The van der Waals surface area contributed by atoms with Gasteiger partial charge in [-0.25, -0.2) is 22.9 Å². The van der Waals surface area contributed by atoms with Crippen LogP contribution < -0.4 is 26.7 Å². The fraction of sp³-hybridized carbons (Fsp3) is 0.346. The molecule has 2 aromatic heterocycles. The molecule has 40 heavy (non-hydrogen) atoms. The number of hydrogen-bond donors (Lipinski definition) is 4. The van der Waals surface area contributed by atoms with Gasteiger partial charge in [-0.1, -0.05) is 0 Å². The van der Waals surface area contributed by atoms with Gasteiger partial charge < -0.3 is 26.4 Å². The first-order chi connectivity index (χ1) is 20.4. The SMILES string of the molecule is [2H]C1([2H])[C@@H]2C(NC(=O)[C@H](C)NC(=O)[C@H](C)N)[C@H]2C([2H])([2H])N1c1nc2c(cc1F)c(=O)c(C(=O)O)cn2-c1ccc(F)cc1F. The van der Waals surface area contributed by atoms with Crippen LogP contribution in [-0.2, 0) is 9.59 Å². The number of nitrogens with one attached hydrogen (secondary N) is 2. The number of benzene rings is 1. The van der Waals surface area contributed by atoms with Crippen molar-refractivity contribution in [2.24, 2.45) is 17.6 Å². The van der Waals surface area contributed by atoms with Crippen molar-refractivity contribution in [2.75, 3.05) is 17.9 Å². The topological polar surface area (TPSA) is 160 Å². The number of pyridine rings is 2. The van der Waals surface area contributed by atoms with Crippen LogP contribution >= 0.6 is 0 Å². The molecule has 3 heterocycles. The second-order valence-electron chi connectivity index (χ2n) is 9.51. The quantitative estimate of drug-likeness (QED) is 0.331. The molecular formula is C26H25F3N6O5. The average molecular weight is 563 g/mol. The fourth-order valence-corrected chi connectivity index (χ4v) is 4.35. The number of nitrogens with zero attached hydrogens (tertiary/aromatic N) is 3. The molecule has 210 valence electrons. The molecule has 5 rings (SSSR count). The number of halogens is 3. The molecule has 14 heteroatoms. The Balaban J connectivity index is 1.56. The monoisotopic (exact) mass is 562 g/mol. The van der Waals surface area contributed by atoms with Crippen LogP contribution in [0.5, 0.6) is 0 Å². The molecule has 1 aliphatic heterocycles. The van der Waals surface area contributed by atoms with Gasteiger partial charge in [-0.05, 0) is 32.0 Å².